The minimum Gasteiger partial charge on any atom is -0.296 e. The maximum Gasteiger partial charge on any atom is 0.258 e. The van der Waals surface area contributed by atoms with Gasteiger partial charge in [-0.3, -0.25) is 10.1 Å². The lowest BCUT2D eigenvalue weighted by molar-refractivity contribution is 0.102. The average Bonchev–Trinajstić information content (AvgIpc) is 3.04. The fraction of sp³-hybridized carbons (Fsp3) is 0.500. The predicted molar refractivity (Wildman–Crippen MR) is 101 cm³/mol. The van der Waals surface area contributed by atoms with Crippen molar-refractivity contribution in [2.75, 3.05) is 5.32 Å². The molecular formula is C18H23N3OS2. The van der Waals surface area contributed by atoms with Gasteiger partial charge in [-0.1, -0.05) is 56.6 Å². The highest BCUT2D eigenvalue weighted by Crippen LogP contribution is 2.35. The Morgan fingerprint density at radius 1 is 1.21 bits per heavy atom. The lowest BCUT2D eigenvalue weighted by Gasteiger charge is -2.18. The Hall–Kier alpha value is -1.40. The molecule has 0 saturated heterocycles. The van der Waals surface area contributed by atoms with E-state index in [1.807, 2.05) is 24.3 Å². The summed E-state index contributed by atoms with van der Waals surface area (Å²) < 4.78 is 0. The molecule has 6 heteroatoms. The zero-order valence-electron chi connectivity index (χ0n) is 14.1. The number of carbonyl (C=O) groups is 1. The molecule has 0 aliphatic heterocycles. The molecule has 24 heavy (non-hydrogen) atoms. The van der Waals surface area contributed by atoms with Crippen molar-refractivity contribution in [2.24, 2.45) is 0 Å². The smallest absolute Gasteiger partial charge is 0.258 e. The number of nitrogens with zero attached hydrogens (tertiary/aromatic N) is 2. The third-order valence-corrected chi connectivity index (χ3v) is 6.19. The molecule has 1 aliphatic carbocycles. The highest BCUT2D eigenvalue weighted by Gasteiger charge is 2.21. The molecule has 1 amide bonds. The van der Waals surface area contributed by atoms with E-state index in [2.05, 4.69) is 29.4 Å². The topological polar surface area (TPSA) is 54.9 Å². The maximum atomic E-state index is 12.6. The number of carbonyl (C=O) groups excluding carboxylic acids is 1. The van der Waals surface area contributed by atoms with Gasteiger partial charge >= 0.3 is 0 Å². The van der Waals surface area contributed by atoms with Gasteiger partial charge in [0.2, 0.25) is 5.13 Å². The van der Waals surface area contributed by atoms with Crippen LogP contribution in [0.2, 0.25) is 0 Å². The van der Waals surface area contributed by atoms with E-state index in [0.29, 0.717) is 21.9 Å². The summed E-state index contributed by atoms with van der Waals surface area (Å²) in [6.07, 6.45) is 6.24. The molecule has 0 radical (unpaired) electrons. The van der Waals surface area contributed by atoms with Crippen molar-refractivity contribution in [3.05, 3.63) is 34.8 Å². The van der Waals surface area contributed by atoms with Gasteiger partial charge in [0.25, 0.3) is 5.91 Å². The number of hydrogen-bond acceptors (Lipinski definition) is 5. The summed E-state index contributed by atoms with van der Waals surface area (Å²) in [5.74, 6) is 0.413. The Morgan fingerprint density at radius 3 is 2.71 bits per heavy atom. The van der Waals surface area contributed by atoms with Crippen molar-refractivity contribution < 1.29 is 4.79 Å². The SMILES string of the molecule is CC(C)Sc1ccccc1C(=O)Nc1nnc(C2CCCCC2)s1. The molecule has 1 aliphatic rings. The number of benzene rings is 1. The number of aromatic nitrogens is 2. The molecule has 2 aromatic rings. The second kappa shape index (κ2) is 8.12. The molecule has 3 rings (SSSR count). The van der Waals surface area contributed by atoms with Crippen molar-refractivity contribution in [1.29, 1.82) is 0 Å². The van der Waals surface area contributed by atoms with E-state index >= 15 is 0 Å². The van der Waals surface area contributed by atoms with Crippen LogP contribution < -0.4 is 5.32 Å². The third-order valence-electron chi connectivity index (χ3n) is 4.11. The molecule has 0 unspecified atom stereocenters. The summed E-state index contributed by atoms with van der Waals surface area (Å²) in [5.41, 5.74) is 0.700. The summed E-state index contributed by atoms with van der Waals surface area (Å²) in [5, 5.41) is 13.5. The Morgan fingerprint density at radius 2 is 1.96 bits per heavy atom. The first-order valence-corrected chi connectivity index (χ1v) is 10.2. The third kappa shape index (κ3) is 4.36. The van der Waals surface area contributed by atoms with Gasteiger partial charge in [-0.25, -0.2) is 0 Å². The van der Waals surface area contributed by atoms with Crippen LogP contribution in [-0.2, 0) is 0 Å². The Kier molecular flexibility index (Phi) is 5.89. The number of hydrogen-bond donors (Lipinski definition) is 1. The quantitative estimate of drug-likeness (QED) is 0.731. The van der Waals surface area contributed by atoms with E-state index in [1.54, 1.807) is 11.8 Å². The van der Waals surface area contributed by atoms with E-state index in [1.165, 1.54) is 43.4 Å². The molecule has 0 atom stereocenters. The zero-order chi connectivity index (χ0) is 16.9. The average molecular weight is 362 g/mol. The van der Waals surface area contributed by atoms with Gasteiger partial charge in [0.05, 0.1) is 5.56 Å². The van der Waals surface area contributed by atoms with Crippen LogP contribution in [0.1, 0.15) is 67.2 Å². The van der Waals surface area contributed by atoms with Gasteiger partial charge in [0.15, 0.2) is 0 Å². The fourth-order valence-corrected chi connectivity index (χ4v) is 4.84. The first-order chi connectivity index (χ1) is 11.6. The molecule has 1 aromatic carbocycles. The number of thioether (sulfide) groups is 1. The summed E-state index contributed by atoms with van der Waals surface area (Å²) in [7, 11) is 0. The first-order valence-electron chi connectivity index (χ1n) is 8.54. The lowest BCUT2D eigenvalue weighted by atomic mass is 9.90. The van der Waals surface area contributed by atoms with Crippen LogP contribution >= 0.6 is 23.1 Å². The normalized spacial score (nSPS) is 15.6. The second-order valence-electron chi connectivity index (χ2n) is 6.40. The van der Waals surface area contributed by atoms with Gasteiger partial charge in [0.1, 0.15) is 5.01 Å². The van der Waals surface area contributed by atoms with E-state index in [-0.39, 0.29) is 5.91 Å². The largest absolute Gasteiger partial charge is 0.296 e. The monoisotopic (exact) mass is 361 g/mol. The van der Waals surface area contributed by atoms with E-state index in [0.717, 1.165) is 9.90 Å². The fourth-order valence-electron chi connectivity index (χ4n) is 2.97. The minimum atomic E-state index is -0.106. The molecule has 128 valence electrons. The molecule has 1 N–H and O–H groups in total. The molecule has 4 nitrogen and oxygen atoms in total. The van der Waals surface area contributed by atoms with E-state index < -0.39 is 0 Å². The summed E-state index contributed by atoms with van der Waals surface area (Å²) in [6.45, 7) is 4.25. The lowest BCUT2D eigenvalue weighted by Crippen LogP contribution is -2.13. The zero-order valence-corrected chi connectivity index (χ0v) is 15.8. The number of amides is 1. The van der Waals surface area contributed by atoms with Gasteiger partial charge in [-0.15, -0.1) is 22.0 Å². The highest BCUT2D eigenvalue weighted by atomic mass is 32.2. The van der Waals surface area contributed by atoms with Crippen molar-refractivity contribution >= 4 is 34.1 Å². The van der Waals surface area contributed by atoms with Crippen molar-refractivity contribution in [3.63, 3.8) is 0 Å². The van der Waals surface area contributed by atoms with Crippen LogP contribution in [0, 0.1) is 0 Å². The molecular weight excluding hydrogens is 338 g/mol. The predicted octanol–water partition coefficient (Wildman–Crippen LogP) is 5.34. The Bertz CT molecular complexity index is 693. The molecule has 1 saturated carbocycles. The number of rotatable bonds is 5. The summed E-state index contributed by atoms with van der Waals surface area (Å²) in [6, 6.07) is 7.72. The van der Waals surface area contributed by atoms with Crippen LogP contribution in [0.15, 0.2) is 29.2 Å². The van der Waals surface area contributed by atoms with Crippen LogP contribution in [0.4, 0.5) is 5.13 Å². The number of nitrogens with one attached hydrogen (secondary N) is 1. The first kappa shape index (κ1) is 17.4. The van der Waals surface area contributed by atoms with E-state index in [4.69, 9.17) is 0 Å². The van der Waals surface area contributed by atoms with Crippen LogP contribution in [0.25, 0.3) is 0 Å². The van der Waals surface area contributed by atoms with Gasteiger partial charge in [-0.05, 0) is 25.0 Å². The molecule has 0 bridgehead atoms. The molecule has 0 spiro atoms. The Labute approximate surface area is 151 Å². The highest BCUT2D eigenvalue weighted by molar-refractivity contribution is 8.00. The van der Waals surface area contributed by atoms with E-state index in [9.17, 15) is 4.79 Å². The van der Waals surface area contributed by atoms with Crippen molar-refractivity contribution in [2.45, 2.75) is 62.0 Å². The maximum absolute atomic E-state index is 12.6. The molecule has 1 fully saturated rings. The summed E-state index contributed by atoms with van der Waals surface area (Å²) >= 11 is 3.22. The van der Waals surface area contributed by atoms with Crippen LogP contribution in [0.5, 0.6) is 0 Å². The second-order valence-corrected chi connectivity index (χ2v) is 9.02. The van der Waals surface area contributed by atoms with Gasteiger partial charge in [-0.2, -0.15) is 0 Å². The van der Waals surface area contributed by atoms with Crippen LogP contribution in [0.3, 0.4) is 0 Å². The van der Waals surface area contributed by atoms with Crippen molar-refractivity contribution in [3.8, 4) is 0 Å². The minimum absolute atomic E-state index is 0.106. The molecule has 1 aromatic heterocycles. The number of anilines is 1. The van der Waals surface area contributed by atoms with Gasteiger partial charge in [0, 0.05) is 16.1 Å². The summed E-state index contributed by atoms with van der Waals surface area (Å²) in [4.78, 5) is 13.6. The standard InChI is InChI=1S/C18H23N3OS2/c1-12(2)23-15-11-7-6-10-14(15)16(22)19-18-21-20-17(24-18)13-8-4-3-5-9-13/h6-7,10-13H,3-5,8-9H2,1-2H3,(H,19,21,22). The van der Waals surface area contributed by atoms with Crippen LogP contribution in [-0.4, -0.2) is 21.4 Å². The Balaban J connectivity index is 1.70. The molecule has 1 heterocycles. The van der Waals surface area contributed by atoms with Crippen molar-refractivity contribution in [1.82, 2.24) is 10.2 Å². The van der Waals surface area contributed by atoms with Gasteiger partial charge < -0.3 is 0 Å².